The second-order valence-electron chi connectivity index (χ2n) is 4.77. The Morgan fingerprint density at radius 2 is 2.16 bits per heavy atom. The molecule has 1 aromatic rings. The van der Waals surface area contributed by atoms with E-state index in [4.69, 9.17) is 16.3 Å². The predicted molar refractivity (Wildman–Crippen MR) is 74.0 cm³/mol. The van der Waals surface area contributed by atoms with Gasteiger partial charge in [-0.3, -0.25) is 4.79 Å². The van der Waals surface area contributed by atoms with E-state index >= 15 is 0 Å². The Balaban J connectivity index is 2.11. The van der Waals surface area contributed by atoms with Gasteiger partial charge in [0.15, 0.2) is 0 Å². The van der Waals surface area contributed by atoms with Gasteiger partial charge < -0.3 is 14.7 Å². The van der Waals surface area contributed by atoms with Gasteiger partial charge in [-0.1, -0.05) is 0 Å². The van der Waals surface area contributed by atoms with E-state index in [1.165, 1.54) is 13.2 Å². The first-order valence-corrected chi connectivity index (χ1v) is 6.91. The largest absolute Gasteiger partial charge is 0.507 e. The van der Waals surface area contributed by atoms with Gasteiger partial charge in [-0.15, -0.1) is 11.6 Å². The minimum atomic E-state index is -0.149. The van der Waals surface area contributed by atoms with Crippen LogP contribution in [0.4, 0.5) is 0 Å². The molecule has 0 aliphatic carbocycles. The van der Waals surface area contributed by atoms with Gasteiger partial charge in [-0.2, -0.15) is 0 Å². The van der Waals surface area contributed by atoms with Crippen LogP contribution in [0.3, 0.4) is 0 Å². The van der Waals surface area contributed by atoms with E-state index in [9.17, 15) is 9.90 Å². The van der Waals surface area contributed by atoms with E-state index in [0.29, 0.717) is 36.2 Å². The molecule has 0 unspecified atom stereocenters. The number of carbonyl (C=O) groups excluding carboxylic acids is 1. The minimum absolute atomic E-state index is 0.00901. The van der Waals surface area contributed by atoms with Gasteiger partial charge in [0, 0.05) is 19.0 Å². The molecule has 0 atom stereocenters. The monoisotopic (exact) mass is 283 g/mol. The van der Waals surface area contributed by atoms with Crippen molar-refractivity contribution in [2.75, 3.05) is 26.1 Å². The Bertz CT molecular complexity index is 456. The summed E-state index contributed by atoms with van der Waals surface area (Å²) in [6, 6.07) is 4.69. The average molecular weight is 284 g/mol. The Kier molecular flexibility index (Phi) is 4.53. The fourth-order valence-electron chi connectivity index (χ4n) is 2.27. The maximum atomic E-state index is 12.4. The SMILES string of the molecule is COc1ccc(O)c(C(=O)N2CCC(CCl)CC2)c1. The number of methoxy groups -OCH3 is 1. The molecule has 2 rings (SSSR count). The molecule has 1 aliphatic rings. The van der Waals surface area contributed by atoms with Crippen LogP contribution in [-0.2, 0) is 0 Å². The highest BCUT2D eigenvalue weighted by Crippen LogP contribution is 2.26. The van der Waals surface area contributed by atoms with Gasteiger partial charge in [-0.05, 0) is 37.0 Å². The smallest absolute Gasteiger partial charge is 0.257 e. The third-order valence-corrected chi connectivity index (χ3v) is 3.99. The summed E-state index contributed by atoms with van der Waals surface area (Å²) in [4.78, 5) is 14.1. The Morgan fingerprint density at radius 3 is 2.74 bits per heavy atom. The molecular formula is C14H18ClNO3. The zero-order chi connectivity index (χ0) is 13.8. The van der Waals surface area contributed by atoms with E-state index in [2.05, 4.69) is 0 Å². The maximum Gasteiger partial charge on any atom is 0.257 e. The van der Waals surface area contributed by atoms with Gasteiger partial charge >= 0.3 is 0 Å². The number of rotatable bonds is 3. The quantitative estimate of drug-likeness (QED) is 0.867. The molecule has 1 saturated heterocycles. The predicted octanol–water partition coefficient (Wildman–Crippen LogP) is 2.49. The summed E-state index contributed by atoms with van der Waals surface area (Å²) in [5.74, 6) is 1.54. The number of amides is 1. The van der Waals surface area contributed by atoms with E-state index in [1.807, 2.05) is 0 Å². The molecule has 0 radical (unpaired) electrons. The van der Waals surface area contributed by atoms with Crippen LogP contribution in [0.1, 0.15) is 23.2 Å². The molecule has 4 nitrogen and oxygen atoms in total. The lowest BCUT2D eigenvalue weighted by Gasteiger charge is -2.31. The molecule has 1 amide bonds. The first-order chi connectivity index (χ1) is 9.15. The van der Waals surface area contributed by atoms with Crippen LogP contribution in [0.15, 0.2) is 18.2 Å². The van der Waals surface area contributed by atoms with Gasteiger partial charge in [0.25, 0.3) is 5.91 Å². The van der Waals surface area contributed by atoms with E-state index in [-0.39, 0.29) is 11.7 Å². The highest BCUT2D eigenvalue weighted by molar-refractivity contribution is 6.18. The summed E-state index contributed by atoms with van der Waals surface area (Å²) in [5, 5.41) is 9.81. The van der Waals surface area contributed by atoms with Gasteiger partial charge in [0.05, 0.1) is 12.7 Å². The van der Waals surface area contributed by atoms with E-state index in [0.717, 1.165) is 12.8 Å². The standard InChI is InChI=1S/C14H18ClNO3/c1-19-11-2-3-13(17)12(8-11)14(18)16-6-4-10(9-15)5-7-16/h2-3,8,10,17H,4-7,9H2,1H3. The Hall–Kier alpha value is -1.42. The molecule has 0 spiro atoms. The molecule has 0 saturated carbocycles. The average Bonchev–Trinajstić information content (AvgIpc) is 2.47. The number of halogens is 1. The van der Waals surface area contributed by atoms with Gasteiger partial charge in [-0.25, -0.2) is 0 Å². The van der Waals surface area contributed by atoms with Crippen molar-refractivity contribution in [3.05, 3.63) is 23.8 Å². The van der Waals surface area contributed by atoms with Crippen LogP contribution in [0.25, 0.3) is 0 Å². The third kappa shape index (κ3) is 3.13. The van der Waals surface area contributed by atoms with Crippen LogP contribution < -0.4 is 4.74 Å². The molecule has 1 aliphatic heterocycles. The number of likely N-dealkylation sites (tertiary alicyclic amines) is 1. The number of ether oxygens (including phenoxy) is 1. The summed E-state index contributed by atoms with van der Waals surface area (Å²) in [7, 11) is 1.53. The zero-order valence-electron chi connectivity index (χ0n) is 10.9. The fraction of sp³-hybridized carbons (Fsp3) is 0.500. The second kappa shape index (κ2) is 6.15. The van der Waals surface area contributed by atoms with Crippen molar-refractivity contribution in [3.63, 3.8) is 0 Å². The summed E-state index contributed by atoms with van der Waals surface area (Å²) in [6.07, 6.45) is 1.83. The topological polar surface area (TPSA) is 49.8 Å². The van der Waals surface area contributed by atoms with Crippen LogP contribution in [-0.4, -0.2) is 42.0 Å². The number of benzene rings is 1. The molecule has 19 heavy (non-hydrogen) atoms. The number of nitrogens with zero attached hydrogens (tertiary/aromatic N) is 1. The first-order valence-electron chi connectivity index (χ1n) is 6.38. The first kappa shape index (κ1) is 14.0. The van der Waals surface area contributed by atoms with Crippen molar-refractivity contribution in [1.29, 1.82) is 0 Å². The fourth-order valence-corrected chi connectivity index (χ4v) is 2.58. The molecule has 1 N–H and O–H groups in total. The molecule has 1 fully saturated rings. The van der Waals surface area contributed by atoms with Crippen molar-refractivity contribution >= 4 is 17.5 Å². The minimum Gasteiger partial charge on any atom is -0.507 e. The van der Waals surface area contributed by atoms with Gasteiger partial charge in [0.1, 0.15) is 11.5 Å². The number of carbonyl (C=O) groups is 1. The summed E-state index contributed by atoms with van der Waals surface area (Å²) >= 11 is 5.83. The number of piperidine rings is 1. The van der Waals surface area contributed by atoms with E-state index < -0.39 is 0 Å². The molecule has 5 heteroatoms. The van der Waals surface area contributed by atoms with Crippen molar-refractivity contribution in [2.45, 2.75) is 12.8 Å². The lowest BCUT2D eigenvalue weighted by molar-refractivity contribution is 0.0695. The molecule has 104 valence electrons. The molecule has 0 bridgehead atoms. The summed E-state index contributed by atoms with van der Waals surface area (Å²) in [5.41, 5.74) is 0.295. The number of hydrogen-bond donors (Lipinski definition) is 1. The van der Waals surface area contributed by atoms with E-state index in [1.54, 1.807) is 17.0 Å². The van der Waals surface area contributed by atoms with Crippen molar-refractivity contribution in [2.24, 2.45) is 5.92 Å². The highest BCUT2D eigenvalue weighted by Gasteiger charge is 2.25. The summed E-state index contributed by atoms with van der Waals surface area (Å²) < 4.78 is 5.08. The second-order valence-corrected chi connectivity index (χ2v) is 5.08. The van der Waals surface area contributed by atoms with Crippen LogP contribution in [0.2, 0.25) is 0 Å². The number of alkyl halides is 1. The van der Waals surface area contributed by atoms with Crippen molar-refractivity contribution < 1.29 is 14.6 Å². The lowest BCUT2D eigenvalue weighted by atomic mass is 9.98. The number of aromatic hydroxyl groups is 1. The van der Waals surface area contributed by atoms with Crippen LogP contribution >= 0.6 is 11.6 Å². The Morgan fingerprint density at radius 1 is 1.47 bits per heavy atom. The molecule has 0 aromatic heterocycles. The molecule has 1 heterocycles. The molecular weight excluding hydrogens is 266 g/mol. The summed E-state index contributed by atoms with van der Waals surface area (Å²) in [6.45, 7) is 1.37. The third-order valence-electron chi connectivity index (χ3n) is 3.55. The number of phenolic OH excluding ortho intramolecular Hbond substituents is 1. The lowest BCUT2D eigenvalue weighted by Crippen LogP contribution is -2.38. The van der Waals surface area contributed by atoms with Crippen LogP contribution in [0, 0.1) is 5.92 Å². The normalized spacial score (nSPS) is 16.4. The van der Waals surface area contributed by atoms with Crippen LogP contribution in [0.5, 0.6) is 11.5 Å². The number of hydrogen-bond acceptors (Lipinski definition) is 3. The maximum absolute atomic E-state index is 12.4. The number of phenols is 1. The molecule has 1 aromatic carbocycles. The van der Waals surface area contributed by atoms with Gasteiger partial charge in [0.2, 0.25) is 0 Å². The van der Waals surface area contributed by atoms with Crippen molar-refractivity contribution in [1.82, 2.24) is 4.90 Å². The Labute approximate surface area is 117 Å². The zero-order valence-corrected chi connectivity index (χ0v) is 11.7. The highest BCUT2D eigenvalue weighted by atomic mass is 35.5. The van der Waals surface area contributed by atoms with Crippen molar-refractivity contribution in [3.8, 4) is 11.5 Å².